The highest BCUT2D eigenvalue weighted by molar-refractivity contribution is 5.96. The van der Waals surface area contributed by atoms with E-state index < -0.39 is 28.8 Å². The van der Waals surface area contributed by atoms with Gasteiger partial charge in [0.2, 0.25) is 0 Å². The molecule has 0 aromatic heterocycles. The van der Waals surface area contributed by atoms with Crippen molar-refractivity contribution < 1.29 is 18.0 Å². The van der Waals surface area contributed by atoms with Crippen molar-refractivity contribution in [2.45, 2.75) is 33.1 Å². The van der Waals surface area contributed by atoms with Crippen LogP contribution in [0, 0.1) is 23.4 Å². The molecule has 0 saturated carbocycles. The third kappa shape index (κ3) is 3.88. The fourth-order valence-electron chi connectivity index (χ4n) is 1.60. The zero-order valence-electron chi connectivity index (χ0n) is 9.90. The molecule has 0 atom stereocenters. The minimum Gasteiger partial charge on any atom is -0.294 e. The molecule has 0 unspecified atom stereocenters. The number of hydrogen-bond acceptors (Lipinski definition) is 1. The Labute approximate surface area is 98.6 Å². The van der Waals surface area contributed by atoms with Crippen LogP contribution in [0.3, 0.4) is 0 Å². The van der Waals surface area contributed by atoms with E-state index in [-0.39, 0.29) is 6.42 Å². The summed E-state index contributed by atoms with van der Waals surface area (Å²) in [5.41, 5.74) is -0.629. The highest BCUT2D eigenvalue weighted by atomic mass is 19.1. The zero-order valence-corrected chi connectivity index (χ0v) is 9.90. The Morgan fingerprint density at radius 1 is 1.18 bits per heavy atom. The number of rotatable bonds is 5. The summed E-state index contributed by atoms with van der Waals surface area (Å²) in [6, 6.07) is 1.05. The molecule has 0 aliphatic heterocycles. The summed E-state index contributed by atoms with van der Waals surface area (Å²) in [6.45, 7) is 4.01. The van der Waals surface area contributed by atoms with Crippen molar-refractivity contribution in [2.75, 3.05) is 0 Å². The molecule has 0 heterocycles. The van der Waals surface area contributed by atoms with Gasteiger partial charge in [-0.15, -0.1) is 0 Å². The zero-order chi connectivity index (χ0) is 13.0. The molecule has 0 spiro atoms. The van der Waals surface area contributed by atoms with Crippen molar-refractivity contribution in [3.63, 3.8) is 0 Å². The molecule has 1 nitrogen and oxygen atoms in total. The van der Waals surface area contributed by atoms with Crippen LogP contribution in [0.5, 0.6) is 0 Å². The molecule has 0 radical (unpaired) electrons. The van der Waals surface area contributed by atoms with Crippen LogP contribution in [0.4, 0.5) is 13.2 Å². The lowest BCUT2D eigenvalue weighted by Gasteiger charge is -2.06. The van der Waals surface area contributed by atoms with E-state index in [4.69, 9.17) is 0 Å². The van der Waals surface area contributed by atoms with E-state index in [0.29, 0.717) is 24.5 Å². The van der Waals surface area contributed by atoms with Gasteiger partial charge in [-0.2, -0.15) is 0 Å². The number of hydrogen-bond donors (Lipinski definition) is 0. The largest absolute Gasteiger partial charge is 0.294 e. The van der Waals surface area contributed by atoms with E-state index in [9.17, 15) is 18.0 Å². The lowest BCUT2D eigenvalue weighted by molar-refractivity contribution is 0.0970. The summed E-state index contributed by atoms with van der Waals surface area (Å²) in [4.78, 5) is 11.6. The smallest absolute Gasteiger partial charge is 0.168 e. The number of Topliss-reactive ketones (excluding diaryl/α,β-unsaturated/α-hetero) is 1. The Morgan fingerprint density at radius 3 is 2.18 bits per heavy atom. The van der Waals surface area contributed by atoms with Crippen molar-refractivity contribution in [1.29, 1.82) is 0 Å². The second-order valence-electron chi connectivity index (χ2n) is 4.45. The molecule has 0 N–H and O–H groups in total. The van der Waals surface area contributed by atoms with Gasteiger partial charge in [0.05, 0.1) is 5.56 Å². The van der Waals surface area contributed by atoms with Crippen molar-refractivity contribution in [2.24, 2.45) is 5.92 Å². The molecule has 0 fully saturated rings. The van der Waals surface area contributed by atoms with Crippen molar-refractivity contribution in [3.8, 4) is 0 Å². The number of benzene rings is 1. The Balaban J connectivity index is 2.76. The normalized spacial score (nSPS) is 10.9. The van der Waals surface area contributed by atoms with Crippen molar-refractivity contribution >= 4 is 5.78 Å². The Bertz CT molecular complexity index is 390. The minimum absolute atomic E-state index is 0.0810. The van der Waals surface area contributed by atoms with Crippen molar-refractivity contribution in [1.82, 2.24) is 0 Å². The number of ketones is 1. The lowest BCUT2D eigenvalue weighted by atomic mass is 10.0. The van der Waals surface area contributed by atoms with Crippen LogP contribution < -0.4 is 0 Å². The SMILES string of the molecule is CC(C)CCCC(=O)c1c(F)cc(F)cc1F. The molecule has 17 heavy (non-hydrogen) atoms. The van der Waals surface area contributed by atoms with Crippen LogP contribution in [0.1, 0.15) is 43.5 Å². The first-order valence-corrected chi connectivity index (χ1v) is 5.59. The molecular formula is C13H15F3O. The number of carbonyl (C=O) groups excluding carboxylic acids is 1. The molecule has 0 aliphatic carbocycles. The lowest BCUT2D eigenvalue weighted by Crippen LogP contribution is -2.07. The number of carbonyl (C=O) groups is 1. The topological polar surface area (TPSA) is 17.1 Å². The van der Waals surface area contributed by atoms with Crippen molar-refractivity contribution in [3.05, 3.63) is 35.1 Å². The Morgan fingerprint density at radius 2 is 1.71 bits per heavy atom. The fraction of sp³-hybridized carbons (Fsp3) is 0.462. The highest BCUT2D eigenvalue weighted by Gasteiger charge is 2.18. The van der Waals surface area contributed by atoms with E-state index in [0.717, 1.165) is 6.42 Å². The van der Waals surface area contributed by atoms with Gasteiger partial charge < -0.3 is 0 Å². The first-order valence-electron chi connectivity index (χ1n) is 5.59. The third-order valence-corrected chi connectivity index (χ3v) is 2.47. The summed E-state index contributed by atoms with van der Waals surface area (Å²) in [5, 5.41) is 0. The summed E-state index contributed by atoms with van der Waals surface area (Å²) in [6.07, 6.45) is 1.47. The van der Waals surface area contributed by atoms with Gasteiger partial charge in [0.15, 0.2) is 5.78 Å². The van der Waals surface area contributed by atoms with Crippen LogP contribution >= 0.6 is 0 Å². The molecule has 1 aromatic carbocycles. The summed E-state index contributed by atoms with van der Waals surface area (Å²) < 4.78 is 39.1. The fourth-order valence-corrected chi connectivity index (χ4v) is 1.60. The van der Waals surface area contributed by atoms with Gasteiger partial charge >= 0.3 is 0 Å². The van der Waals surface area contributed by atoms with Gasteiger partial charge in [0.1, 0.15) is 17.5 Å². The first-order chi connectivity index (χ1) is 7.91. The molecule has 1 aromatic rings. The Hall–Kier alpha value is -1.32. The molecule has 0 amide bonds. The van der Waals surface area contributed by atoms with Crippen LogP contribution in [0.2, 0.25) is 0 Å². The van der Waals surface area contributed by atoms with Crippen LogP contribution in [-0.4, -0.2) is 5.78 Å². The van der Waals surface area contributed by atoms with E-state index in [1.807, 2.05) is 13.8 Å². The first kappa shape index (κ1) is 13.7. The van der Waals surface area contributed by atoms with E-state index >= 15 is 0 Å². The molecule has 4 heteroatoms. The molecule has 0 bridgehead atoms. The molecule has 0 saturated heterocycles. The molecular weight excluding hydrogens is 229 g/mol. The van der Waals surface area contributed by atoms with Gasteiger partial charge in [-0.1, -0.05) is 20.3 Å². The maximum absolute atomic E-state index is 13.2. The third-order valence-electron chi connectivity index (χ3n) is 2.47. The van der Waals surface area contributed by atoms with E-state index in [1.54, 1.807) is 0 Å². The van der Waals surface area contributed by atoms with Gasteiger partial charge in [-0.25, -0.2) is 13.2 Å². The Kier molecular flexibility index (Phi) is 4.73. The highest BCUT2D eigenvalue weighted by Crippen LogP contribution is 2.18. The van der Waals surface area contributed by atoms with Crippen LogP contribution in [-0.2, 0) is 0 Å². The molecule has 1 rings (SSSR count). The predicted molar refractivity (Wildman–Crippen MR) is 59.3 cm³/mol. The predicted octanol–water partition coefficient (Wildman–Crippen LogP) is 4.11. The van der Waals surface area contributed by atoms with Crippen LogP contribution in [0.15, 0.2) is 12.1 Å². The van der Waals surface area contributed by atoms with Gasteiger partial charge in [-0.05, 0) is 12.3 Å². The quantitative estimate of drug-likeness (QED) is 0.712. The van der Waals surface area contributed by atoms with E-state index in [2.05, 4.69) is 0 Å². The van der Waals surface area contributed by atoms with Gasteiger partial charge in [0, 0.05) is 18.6 Å². The second kappa shape index (κ2) is 5.84. The van der Waals surface area contributed by atoms with Crippen LogP contribution in [0.25, 0.3) is 0 Å². The van der Waals surface area contributed by atoms with Gasteiger partial charge in [-0.3, -0.25) is 4.79 Å². The summed E-state index contributed by atoms with van der Waals surface area (Å²) in [7, 11) is 0. The second-order valence-corrected chi connectivity index (χ2v) is 4.45. The maximum Gasteiger partial charge on any atom is 0.168 e. The number of halogens is 3. The average Bonchev–Trinajstić information content (AvgIpc) is 2.14. The summed E-state index contributed by atoms with van der Waals surface area (Å²) in [5.74, 6) is -3.45. The maximum atomic E-state index is 13.2. The molecule has 0 aliphatic rings. The van der Waals surface area contributed by atoms with E-state index in [1.165, 1.54) is 0 Å². The van der Waals surface area contributed by atoms with Gasteiger partial charge in [0.25, 0.3) is 0 Å². The minimum atomic E-state index is -1.13. The standard InChI is InChI=1S/C13H15F3O/c1-8(2)4-3-5-12(17)13-10(15)6-9(14)7-11(13)16/h6-8H,3-5H2,1-2H3. The molecule has 94 valence electrons. The average molecular weight is 244 g/mol. The monoisotopic (exact) mass is 244 g/mol. The summed E-state index contributed by atoms with van der Waals surface area (Å²) >= 11 is 0.